The van der Waals surface area contributed by atoms with Crippen LogP contribution in [0.2, 0.25) is 0 Å². The van der Waals surface area contributed by atoms with Crippen LogP contribution in [-0.2, 0) is 11.3 Å². The summed E-state index contributed by atoms with van der Waals surface area (Å²) in [6.45, 7) is 4.98. The van der Waals surface area contributed by atoms with Crippen LogP contribution in [0.5, 0.6) is 0 Å². The van der Waals surface area contributed by atoms with Crippen LogP contribution in [0.1, 0.15) is 35.2 Å². The number of methoxy groups -OCH3 is 1. The van der Waals surface area contributed by atoms with Crippen LogP contribution < -0.4 is 5.73 Å². The van der Waals surface area contributed by atoms with Gasteiger partial charge in [-0.05, 0) is 31.5 Å². The summed E-state index contributed by atoms with van der Waals surface area (Å²) in [7, 11) is 1.28. The smallest absolute Gasteiger partial charge is 0.357 e. The third kappa shape index (κ3) is 2.62. The maximum absolute atomic E-state index is 12.1. The van der Waals surface area contributed by atoms with Crippen molar-refractivity contribution in [3.63, 3.8) is 0 Å². The van der Waals surface area contributed by atoms with Gasteiger partial charge < -0.3 is 19.6 Å². The zero-order valence-corrected chi connectivity index (χ0v) is 14.4. The maximum atomic E-state index is 12.1. The highest BCUT2D eigenvalue weighted by molar-refractivity contribution is 5.96. The number of anilines is 1. The van der Waals surface area contributed by atoms with Crippen molar-refractivity contribution in [2.75, 3.05) is 12.8 Å². The highest BCUT2D eigenvalue weighted by Crippen LogP contribution is 2.27. The van der Waals surface area contributed by atoms with Crippen molar-refractivity contribution in [2.45, 2.75) is 26.8 Å². The molecule has 0 fully saturated rings. The topological polar surface area (TPSA) is 98.9 Å². The average Bonchev–Trinajstić information content (AvgIpc) is 3.11. The zero-order valence-electron chi connectivity index (χ0n) is 14.4. The molecule has 7 heteroatoms. The molecule has 1 aromatic carbocycles. The number of imidazole rings is 1. The second-order valence-corrected chi connectivity index (χ2v) is 5.76. The van der Waals surface area contributed by atoms with E-state index < -0.39 is 5.97 Å². The third-order valence-electron chi connectivity index (χ3n) is 4.19. The first-order valence-corrected chi connectivity index (χ1v) is 7.98. The zero-order chi connectivity index (χ0) is 18.1. The fourth-order valence-electron chi connectivity index (χ4n) is 3.01. The number of nitrogens with zero attached hydrogens (tertiary/aromatic N) is 4. The Morgan fingerprint density at radius 3 is 2.84 bits per heavy atom. The number of benzene rings is 1. The van der Waals surface area contributed by atoms with Gasteiger partial charge in [0.1, 0.15) is 11.9 Å². The van der Waals surface area contributed by atoms with Crippen LogP contribution in [0.4, 0.5) is 5.69 Å². The fraction of sp³-hybridized carbons (Fsp3) is 0.278. The van der Waals surface area contributed by atoms with Crippen LogP contribution in [0, 0.1) is 18.3 Å². The van der Waals surface area contributed by atoms with Crippen LogP contribution in [0.15, 0.2) is 24.4 Å². The molecule has 0 saturated heterocycles. The molecule has 128 valence electrons. The second-order valence-electron chi connectivity index (χ2n) is 5.76. The number of rotatable bonds is 4. The van der Waals surface area contributed by atoms with Crippen molar-refractivity contribution >= 4 is 22.7 Å². The molecule has 0 unspecified atom stereocenters. The summed E-state index contributed by atoms with van der Waals surface area (Å²) in [5.74, 6) is 0.346. The minimum absolute atomic E-state index is 0.113. The molecule has 25 heavy (non-hydrogen) atoms. The first kappa shape index (κ1) is 16.6. The molecule has 7 nitrogen and oxygen atoms in total. The molecule has 0 aliphatic rings. The summed E-state index contributed by atoms with van der Waals surface area (Å²) >= 11 is 0. The molecule has 2 heterocycles. The molecular formula is C18H19N5O2. The van der Waals surface area contributed by atoms with E-state index in [-0.39, 0.29) is 16.9 Å². The number of aryl methyl sites for hydroxylation is 2. The molecule has 0 spiro atoms. The Morgan fingerprint density at radius 2 is 2.20 bits per heavy atom. The van der Waals surface area contributed by atoms with E-state index in [0.717, 1.165) is 29.8 Å². The normalized spacial score (nSPS) is 10.8. The second kappa shape index (κ2) is 6.32. The van der Waals surface area contributed by atoms with Crippen molar-refractivity contribution in [3.05, 3.63) is 41.5 Å². The fourth-order valence-corrected chi connectivity index (χ4v) is 3.01. The van der Waals surface area contributed by atoms with Crippen LogP contribution in [-0.4, -0.2) is 27.2 Å². The predicted octanol–water partition coefficient (Wildman–Crippen LogP) is 2.79. The Morgan fingerprint density at radius 1 is 1.44 bits per heavy atom. The minimum Gasteiger partial charge on any atom is -0.464 e. The van der Waals surface area contributed by atoms with Gasteiger partial charge in [0.2, 0.25) is 0 Å². The molecule has 0 atom stereocenters. The number of nitrogens with two attached hydrogens (primary N) is 1. The monoisotopic (exact) mass is 337 g/mol. The van der Waals surface area contributed by atoms with Crippen LogP contribution in [0.3, 0.4) is 0 Å². The molecule has 0 amide bonds. The molecule has 0 bridgehead atoms. The highest BCUT2D eigenvalue weighted by Gasteiger charge is 2.22. The van der Waals surface area contributed by atoms with Gasteiger partial charge >= 0.3 is 5.97 Å². The number of nitriles is 1. The Labute approximate surface area is 145 Å². The van der Waals surface area contributed by atoms with Gasteiger partial charge in [0, 0.05) is 18.4 Å². The van der Waals surface area contributed by atoms with E-state index in [2.05, 4.69) is 16.5 Å². The minimum atomic E-state index is -0.591. The Balaban J connectivity index is 2.20. The van der Waals surface area contributed by atoms with E-state index >= 15 is 0 Å². The lowest BCUT2D eigenvalue weighted by Crippen LogP contribution is -2.11. The van der Waals surface area contributed by atoms with Gasteiger partial charge in [-0.2, -0.15) is 5.26 Å². The van der Waals surface area contributed by atoms with Gasteiger partial charge in [-0.3, -0.25) is 0 Å². The van der Waals surface area contributed by atoms with Crippen molar-refractivity contribution in [2.24, 2.45) is 0 Å². The Kier molecular flexibility index (Phi) is 4.19. The van der Waals surface area contributed by atoms with Gasteiger partial charge in [0.05, 0.1) is 29.4 Å². The molecule has 0 aliphatic heterocycles. The lowest BCUT2D eigenvalue weighted by molar-refractivity contribution is 0.0593. The lowest BCUT2D eigenvalue weighted by atomic mass is 10.2. The molecule has 0 radical (unpaired) electrons. The first-order chi connectivity index (χ1) is 12.0. The molecule has 3 rings (SSSR count). The molecule has 0 aliphatic carbocycles. The van der Waals surface area contributed by atoms with Crippen LogP contribution in [0.25, 0.3) is 16.7 Å². The van der Waals surface area contributed by atoms with Crippen molar-refractivity contribution in [1.29, 1.82) is 5.26 Å². The summed E-state index contributed by atoms with van der Waals surface area (Å²) in [6.07, 6.45) is 2.55. The summed E-state index contributed by atoms with van der Waals surface area (Å²) in [5, 5.41) is 9.22. The summed E-state index contributed by atoms with van der Waals surface area (Å²) in [5.41, 5.74) is 8.98. The molecule has 0 saturated carbocycles. The van der Waals surface area contributed by atoms with Crippen molar-refractivity contribution in [3.8, 4) is 11.8 Å². The molecular weight excluding hydrogens is 318 g/mol. The average molecular weight is 337 g/mol. The number of ether oxygens (including phenoxy) is 1. The third-order valence-corrected chi connectivity index (χ3v) is 4.19. The van der Waals surface area contributed by atoms with Crippen LogP contribution >= 0.6 is 0 Å². The molecule has 3 aromatic rings. The van der Waals surface area contributed by atoms with E-state index in [4.69, 9.17) is 10.5 Å². The Bertz CT molecular complexity index is 1010. The lowest BCUT2D eigenvalue weighted by Gasteiger charge is -2.09. The van der Waals surface area contributed by atoms with E-state index in [1.807, 2.05) is 31.2 Å². The van der Waals surface area contributed by atoms with Gasteiger partial charge in [-0.25, -0.2) is 9.78 Å². The van der Waals surface area contributed by atoms with E-state index in [9.17, 15) is 10.1 Å². The maximum Gasteiger partial charge on any atom is 0.357 e. The highest BCUT2D eigenvalue weighted by atomic mass is 16.5. The molecule has 2 aromatic heterocycles. The number of fused-ring (bicyclic) bond motifs is 1. The van der Waals surface area contributed by atoms with Crippen molar-refractivity contribution in [1.82, 2.24) is 14.1 Å². The SMILES string of the molecule is CCCn1c(C)nc2cc(-n3cc(C#N)c(N)c3C(=O)OC)ccc21. The number of hydrogen-bond acceptors (Lipinski definition) is 5. The van der Waals surface area contributed by atoms with E-state index in [0.29, 0.717) is 5.69 Å². The Hall–Kier alpha value is -3.27. The summed E-state index contributed by atoms with van der Waals surface area (Å²) in [4.78, 5) is 16.7. The number of esters is 1. The van der Waals surface area contributed by atoms with E-state index in [1.54, 1.807) is 10.8 Å². The first-order valence-electron chi connectivity index (χ1n) is 7.98. The number of carbonyl (C=O) groups is 1. The number of nitrogen functional groups attached to an aromatic ring is 1. The number of hydrogen-bond donors (Lipinski definition) is 1. The molecule has 2 N–H and O–H groups in total. The quantitative estimate of drug-likeness (QED) is 0.738. The predicted molar refractivity (Wildman–Crippen MR) is 94.6 cm³/mol. The number of aromatic nitrogens is 3. The summed E-state index contributed by atoms with van der Waals surface area (Å²) < 4.78 is 8.55. The largest absolute Gasteiger partial charge is 0.464 e. The van der Waals surface area contributed by atoms with Crippen molar-refractivity contribution < 1.29 is 9.53 Å². The van der Waals surface area contributed by atoms with Gasteiger partial charge in [0.15, 0.2) is 5.69 Å². The number of carbonyl (C=O) groups excluding carboxylic acids is 1. The summed E-state index contributed by atoms with van der Waals surface area (Å²) in [6, 6.07) is 7.71. The van der Waals surface area contributed by atoms with Gasteiger partial charge in [0.25, 0.3) is 0 Å². The van der Waals surface area contributed by atoms with Gasteiger partial charge in [-0.1, -0.05) is 6.92 Å². The standard InChI is InChI=1S/C18H19N5O2/c1-4-7-22-11(2)21-14-8-13(5-6-15(14)22)23-10-12(9-19)16(20)17(23)18(24)25-3/h5-6,8,10H,4,7,20H2,1-3H3. The van der Waals surface area contributed by atoms with Gasteiger partial charge in [-0.15, -0.1) is 0 Å². The van der Waals surface area contributed by atoms with E-state index in [1.165, 1.54) is 7.11 Å².